The Balaban J connectivity index is 3.15. The summed E-state index contributed by atoms with van der Waals surface area (Å²) in [7, 11) is 0. The number of nitro benzene ring substituents is 1. The Morgan fingerprint density at radius 3 is 2.75 bits per heavy atom. The second kappa shape index (κ2) is 5.44. The molecule has 0 saturated carbocycles. The molecule has 0 heterocycles. The Kier molecular flexibility index (Phi) is 4.22. The first-order valence-corrected chi connectivity index (χ1v) is 5.07. The Labute approximate surface area is 93.2 Å². The van der Waals surface area contributed by atoms with Crippen molar-refractivity contribution in [1.29, 1.82) is 0 Å². The van der Waals surface area contributed by atoms with Crippen molar-refractivity contribution >= 4 is 5.69 Å². The van der Waals surface area contributed by atoms with Crippen molar-refractivity contribution in [1.82, 2.24) is 0 Å². The summed E-state index contributed by atoms with van der Waals surface area (Å²) in [5.41, 5.74) is 0.498. The van der Waals surface area contributed by atoms with Gasteiger partial charge in [-0.1, -0.05) is 6.92 Å². The zero-order valence-corrected chi connectivity index (χ0v) is 9.27. The van der Waals surface area contributed by atoms with Crippen molar-refractivity contribution in [2.45, 2.75) is 19.8 Å². The number of benzene rings is 1. The van der Waals surface area contributed by atoms with E-state index in [1.807, 2.05) is 6.92 Å². The molecular formula is C11H14FNO3. The number of rotatable bonds is 5. The van der Waals surface area contributed by atoms with E-state index in [2.05, 4.69) is 0 Å². The standard InChI is InChI=1S/C11H14FNO3/c1-3-16-11-5-4-9(13(14)15)6-10(11)8(2)7-12/h4-6,8H,3,7H2,1-2H3. The fraction of sp³-hybridized carbons (Fsp3) is 0.455. The second-order valence-corrected chi connectivity index (χ2v) is 3.47. The number of alkyl halides is 1. The van der Waals surface area contributed by atoms with E-state index in [1.54, 1.807) is 6.92 Å². The van der Waals surface area contributed by atoms with Crippen LogP contribution in [0, 0.1) is 10.1 Å². The molecule has 5 heteroatoms. The third-order valence-electron chi connectivity index (χ3n) is 2.27. The molecule has 1 unspecified atom stereocenters. The zero-order chi connectivity index (χ0) is 12.1. The van der Waals surface area contributed by atoms with E-state index in [1.165, 1.54) is 18.2 Å². The monoisotopic (exact) mass is 227 g/mol. The van der Waals surface area contributed by atoms with Gasteiger partial charge in [0.05, 0.1) is 18.2 Å². The summed E-state index contributed by atoms with van der Waals surface area (Å²) in [6.45, 7) is 3.36. The van der Waals surface area contributed by atoms with Gasteiger partial charge < -0.3 is 4.74 Å². The predicted molar refractivity (Wildman–Crippen MR) is 58.7 cm³/mol. The molecule has 1 aromatic rings. The number of nitrogens with zero attached hydrogens (tertiary/aromatic N) is 1. The molecule has 0 spiro atoms. The molecule has 0 saturated heterocycles. The number of hydrogen-bond acceptors (Lipinski definition) is 3. The molecule has 0 aliphatic heterocycles. The molecule has 0 fully saturated rings. The lowest BCUT2D eigenvalue weighted by Crippen LogP contribution is -2.03. The second-order valence-electron chi connectivity index (χ2n) is 3.47. The van der Waals surface area contributed by atoms with Gasteiger partial charge in [-0.2, -0.15) is 0 Å². The van der Waals surface area contributed by atoms with Gasteiger partial charge in [0.2, 0.25) is 0 Å². The summed E-state index contributed by atoms with van der Waals surface area (Å²) in [5.74, 6) is 0.111. The smallest absolute Gasteiger partial charge is 0.269 e. The Bertz CT molecular complexity index is 381. The fourth-order valence-electron chi connectivity index (χ4n) is 1.40. The quantitative estimate of drug-likeness (QED) is 0.573. The van der Waals surface area contributed by atoms with Gasteiger partial charge in [0.15, 0.2) is 0 Å². The largest absolute Gasteiger partial charge is 0.494 e. The Hall–Kier alpha value is -1.65. The molecule has 88 valence electrons. The van der Waals surface area contributed by atoms with E-state index >= 15 is 0 Å². The van der Waals surface area contributed by atoms with Crippen LogP contribution in [0.3, 0.4) is 0 Å². The number of ether oxygens (including phenoxy) is 1. The van der Waals surface area contributed by atoms with Crippen LogP contribution in [0.15, 0.2) is 18.2 Å². The van der Waals surface area contributed by atoms with Gasteiger partial charge in [0.25, 0.3) is 5.69 Å². The van der Waals surface area contributed by atoms with E-state index < -0.39 is 17.5 Å². The van der Waals surface area contributed by atoms with E-state index in [-0.39, 0.29) is 5.69 Å². The van der Waals surface area contributed by atoms with Gasteiger partial charge in [-0.25, -0.2) is 0 Å². The topological polar surface area (TPSA) is 52.4 Å². The minimum atomic E-state index is -0.568. The highest BCUT2D eigenvalue weighted by Gasteiger charge is 2.16. The molecule has 0 bridgehead atoms. The fourth-order valence-corrected chi connectivity index (χ4v) is 1.40. The van der Waals surface area contributed by atoms with E-state index in [0.29, 0.717) is 17.9 Å². The number of halogens is 1. The van der Waals surface area contributed by atoms with E-state index in [9.17, 15) is 14.5 Å². The molecular weight excluding hydrogens is 213 g/mol. The molecule has 1 atom stereocenters. The van der Waals surface area contributed by atoms with Gasteiger partial charge in [0.1, 0.15) is 5.75 Å². The predicted octanol–water partition coefficient (Wildman–Crippen LogP) is 3.07. The normalized spacial score (nSPS) is 12.2. The lowest BCUT2D eigenvalue weighted by Gasteiger charge is -2.13. The van der Waals surface area contributed by atoms with Crippen LogP contribution in [0.4, 0.5) is 10.1 Å². The first kappa shape index (κ1) is 12.4. The van der Waals surface area contributed by atoms with Gasteiger partial charge >= 0.3 is 0 Å². The van der Waals surface area contributed by atoms with Gasteiger partial charge in [-0.3, -0.25) is 14.5 Å². The van der Waals surface area contributed by atoms with Crippen molar-refractivity contribution in [3.8, 4) is 5.75 Å². The highest BCUT2D eigenvalue weighted by molar-refractivity contribution is 5.45. The zero-order valence-electron chi connectivity index (χ0n) is 9.27. The number of nitro groups is 1. The highest BCUT2D eigenvalue weighted by atomic mass is 19.1. The van der Waals surface area contributed by atoms with Crippen molar-refractivity contribution in [3.63, 3.8) is 0 Å². The van der Waals surface area contributed by atoms with Crippen LogP contribution in [0.25, 0.3) is 0 Å². The van der Waals surface area contributed by atoms with Gasteiger partial charge in [0, 0.05) is 23.6 Å². The van der Waals surface area contributed by atoms with Crippen molar-refractivity contribution in [2.24, 2.45) is 0 Å². The summed E-state index contributed by atoms with van der Waals surface area (Å²) >= 11 is 0. The lowest BCUT2D eigenvalue weighted by molar-refractivity contribution is -0.385. The molecule has 1 rings (SSSR count). The average Bonchev–Trinajstić information content (AvgIpc) is 2.28. The molecule has 16 heavy (non-hydrogen) atoms. The highest BCUT2D eigenvalue weighted by Crippen LogP contribution is 2.30. The molecule has 0 N–H and O–H groups in total. The van der Waals surface area contributed by atoms with Crippen LogP contribution in [0.1, 0.15) is 25.3 Å². The van der Waals surface area contributed by atoms with E-state index in [0.717, 1.165) is 0 Å². The van der Waals surface area contributed by atoms with E-state index in [4.69, 9.17) is 4.74 Å². The number of non-ortho nitro benzene ring substituents is 1. The van der Waals surface area contributed by atoms with Crippen LogP contribution in [-0.4, -0.2) is 18.2 Å². The minimum absolute atomic E-state index is 0.0428. The summed E-state index contributed by atoms with van der Waals surface area (Å²) in [5, 5.41) is 10.6. The molecule has 0 aliphatic rings. The van der Waals surface area contributed by atoms with Crippen molar-refractivity contribution in [2.75, 3.05) is 13.3 Å². The first-order chi connectivity index (χ1) is 7.60. The lowest BCUT2D eigenvalue weighted by atomic mass is 10.0. The summed E-state index contributed by atoms with van der Waals surface area (Å²) in [6, 6.07) is 4.25. The van der Waals surface area contributed by atoms with Crippen LogP contribution in [0.2, 0.25) is 0 Å². The molecule has 0 aliphatic carbocycles. The maximum atomic E-state index is 12.6. The molecule has 0 radical (unpaired) electrons. The van der Waals surface area contributed by atoms with Crippen LogP contribution < -0.4 is 4.74 Å². The first-order valence-electron chi connectivity index (χ1n) is 5.07. The molecule has 0 aromatic heterocycles. The SMILES string of the molecule is CCOc1ccc([N+](=O)[O-])cc1C(C)CF. The van der Waals surface area contributed by atoms with Crippen molar-refractivity contribution < 1.29 is 14.1 Å². The minimum Gasteiger partial charge on any atom is -0.494 e. The third-order valence-corrected chi connectivity index (χ3v) is 2.27. The summed E-state index contributed by atoms with van der Waals surface area (Å²) in [6.07, 6.45) is 0. The third kappa shape index (κ3) is 2.68. The van der Waals surface area contributed by atoms with Crippen LogP contribution >= 0.6 is 0 Å². The average molecular weight is 227 g/mol. The van der Waals surface area contributed by atoms with Gasteiger partial charge in [-0.15, -0.1) is 0 Å². The maximum absolute atomic E-state index is 12.6. The molecule has 1 aromatic carbocycles. The van der Waals surface area contributed by atoms with Gasteiger partial charge in [-0.05, 0) is 13.0 Å². The Morgan fingerprint density at radius 1 is 1.56 bits per heavy atom. The summed E-state index contributed by atoms with van der Waals surface area (Å²) in [4.78, 5) is 10.1. The summed E-state index contributed by atoms with van der Waals surface area (Å²) < 4.78 is 17.9. The Morgan fingerprint density at radius 2 is 2.25 bits per heavy atom. The van der Waals surface area contributed by atoms with Crippen molar-refractivity contribution in [3.05, 3.63) is 33.9 Å². The molecule has 0 amide bonds. The molecule has 4 nitrogen and oxygen atoms in total. The van der Waals surface area contributed by atoms with Crippen LogP contribution in [-0.2, 0) is 0 Å². The van der Waals surface area contributed by atoms with Crippen LogP contribution in [0.5, 0.6) is 5.75 Å². The maximum Gasteiger partial charge on any atom is 0.269 e. The number of hydrogen-bond donors (Lipinski definition) is 0.